The average molecular weight is 501 g/mol. The first-order chi connectivity index (χ1) is 16.5. The lowest BCUT2D eigenvalue weighted by molar-refractivity contribution is -0.385. The van der Waals surface area contributed by atoms with Crippen molar-refractivity contribution in [3.8, 4) is 11.3 Å². The Morgan fingerprint density at radius 3 is 2.54 bits per heavy atom. The molecule has 1 fully saturated rings. The van der Waals surface area contributed by atoms with Gasteiger partial charge in [0.05, 0.1) is 16.2 Å². The number of nitrogens with one attached hydrogen (secondary N) is 1. The zero-order chi connectivity index (χ0) is 25.5. The number of hydrogen-bond acceptors (Lipinski definition) is 6. The first kappa shape index (κ1) is 23.8. The van der Waals surface area contributed by atoms with Gasteiger partial charge in [-0.2, -0.15) is 13.2 Å². The molecule has 12 heteroatoms. The van der Waals surface area contributed by atoms with Crippen LogP contribution in [0.15, 0.2) is 64.6 Å². The molecule has 0 radical (unpaired) electrons. The highest BCUT2D eigenvalue weighted by molar-refractivity contribution is 7.80. The molecule has 0 unspecified atom stereocenters. The van der Waals surface area contributed by atoms with Crippen LogP contribution in [0.3, 0.4) is 0 Å². The van der Waals surface area contributed by atoms with E-state index >= 15 is 0 Å². The highest BCUT2D eigenvalue weighted by atomic mass is 32.1. The number of carbonyl (C=O) groups excluding carboxylic acids is 2. The van der Waals surface area contributed by atoms with Crippen molar-refractivity contribution in [2.45, 2.75) is 13.1 Å². The van der Waals surface area contributed by atoms with E-state index in [1.54, 1.807) is 19.1 Å². The van der Waals surface area contributed by atoms with E-state index in [0.29, 0.717) is 11.1 Å². The van der Waals surface area contributed by atoms with Crippen molar-refractivity contribution in [1.82, 2.24) is 5.32 Å². The second kappa shape index (κ2) is 8.80. The number of nitro groups is 1. The summed E-state index contributed by atoms with van der Waals surface area (Å²) in [6.45, 7) is 1.59. The monoisotopic (exact) mass is 501 g/mol. The Balaban J connectivity index is 1.68. The zero-order valence-corrected chi connectivity index (χ0v) is 18.6. The Bertz CT molecular complexity index is 1430. The third-order valence-electron chi connectivity index (χ3n) is 5.14. The minimum atomic E-state index is -4.64. The van der Waals surface area contributed by atoms with Gasteiger partial charge in [0.15, 0.2) is 5.11 Å². The van der Waals surface area contributed by atoms with Crippen LogP contribution in [0.2, 0.25) is 0 Å². The van der Waals surface area contributed by atoms with Gasteiger partial charge in [0.1, 0.15) is 17.1 Å². The number of nitro benzene ring substituents is 1. The van der Waals surface area contributed by atoms with E-state index in [1.807, 2.05) is 0 Å². The summed E-state index contributed by atoms with van der Waals surface area (Å²) in [6, 6.07) is 11.4. The van der Waals surface area contributed by atoms with E-state index in [1.165, 1.54) is 24.3 Å². The SMILES string of the molecule is Cc1ccc(-c2ccc(/C=C3\C(=O)NC(=S)N(c4cccc(C(F)(F)F)c4)C3=O)o2)cc1[N+](=O)[O-]. The van der Waals surface area contributed by atoms with Crippen LogP contribution in [-0.4, -0.2) is 21.9 Å². The van der Waals surface area contributed by atoms with E-state index in [9.17, 15) is 32.9 Å². The van der Waals surface area contributed by atoms with Crippen molar-refractivity contribution in [3.05, 3.63) is 87.2 Å². The van der Waals surface area contributed by atoms with Crippen LogP contribution in [0.5, 0.6) is 0 Å². The molecule has 35 heavy (non-hydrogen) atoms. The smallest absolute Gasteiger partial charge is 0.416 e. The van der Waals surface area contributed by atoms with E-state index in [0.717, 1.165) is 29.2 Å². The summed E-state index contributed by atoms with van der Waals surface area (Å²) in [5.41, 5.74) is -0.831. The standard InChI is InChI=1S/C23H14F3N3O5S/c1-12-5-6-13(9-18(12)29(32)33)19-8-7-16(34-19)11-17-20(30)27-22(35)28(21(17)31)15-4-2-3-14(10-15)23(24,25)26/h2-11H,1H3,(H,27,30,35)/b17-11+. The molecular formula is C23H14F3N3O5S. The number of nitrogens with zero attached hydrogens (tertiary/aromatic N) is 2. The Morgan fingerprint density at radius 1 is 1.11 bits per heavy atom. The Labute approximate surface area is 200 Å². The number of halogens is 3. The molecule has 1 saturated heterocycles. The molecular weight excluding hydrogens is 487 g/mol. The molecule has 3 aromatic rings. The Hall–Kier alpha value is -4.32. The maximum absolute atomic E-state index is 13.1. The number of thiocarbonyl (C=S) groups is 1. The van der Waals surface area contributed by atoms with Gasteiger partial charge in [-0.3, -0.25) is 29.9 Å². The van der Waals surface area contributed by atoms with E-state index < -0.39 is 34.1 Å². The largest absolute Gasteiger partial charge is 0.457 e. The highest BCUT2D eigenvalue weighted by Crippen LogP contribution is 2.33. The predicted octanol–water partition coefficient (Wildman–Crippen LogP) is 5.01. The fourth-order valence-electron chi connectivity index (χ4n) is 3.40. The second-order valence-electron chi connectivity index (χ2n) is 7.47. The third-order valence-corrected chi connectivity index (χ3v) is 5.42. The number of carbonyl (C=O) groups is 2. The molecule has 1 N–H and O–H groups in total. The predicted molar refractivity (Wildman–Crippen MR) is 123 cm³/mol. The first-order valence-corrected chi connectivity index (χ1v) is 10.3. The zero-order valence-electron chi connectivity index (χ0n) is 17.8. The van der Waals surface area contributed by atoms with Crippen molar-refractivity contribution in [2.75, 3.05) is 4.90 Å². The summed E-state index contributed by atoms with van der Waals surface area (Å²) >= 11 is 5.02. The van der Waals surface area contributed by atoms with Crippen LogP contribution in [0.4, 0.5) is 24.5 Å². The summed E-state index contributed by atoms with van der Waals surface area (Å²) in [6.07, 6.45) is -3.53. The van der Waals surface area contributed by atoms with Gasteiger partial charge >= 0.3 is 6.18 Å². The number of aryl methyl sites for hydroxylation is 1. The molecule has 2 amide bonds. The van der Waals surface area contributed by atoms with Crippen LogP contribution in [-0.2, 0) is 15.8 Å². The van der Waals surface area contributed by atoms with Gasteiger partial charge in [-0.15, -0.1) is 0 Å². The minimum Gasteiger partial charge on any atom is -0.457 e. The molecule has 8 nitrogen and oxygen atoms in total. The summed E-state index contributed by atoms with van der Waals surface area (Å²) < 4.78 is 45.0. The van der Waals surface area contributed by atoms with Crippen molar-refractivity contribution in [1.29, 1.82) is 0 Å². The van der Waals surface area contributed by atoms with E-state index in [-0.39, 0.29) is 28.0 Å². The molecule has 178 valence electrons. The average Bonchev–Trinajstić information content (AvgIpc) is 3.25. The molecule has 2 aromatic carbocycles. The van der Waals surface area contributed by atoms with Gasteiger partial charge in [-0.25, -0.2) is 0 Å². The molecule has 0 aliphatic carbocycles. The summed E-state index contributed by atoms with van der Waals surface area (Å²) in [4.78, 5) is 37.0. The maximum Gasteiger partial charge on any atom is 0.416 e. The fourth-order valence-corrected chi connectivity index (χ4v) is 3.68. The first-order valence-electron chi connectivity index (χ1n) is 9.89. The topological polar surface area (TPSA) is 106 Å². The van der Waals surface area contributed by atoms with Gasteiger partial charge in [-0.05, 0) is 55.5 Å². The third kappa shape index (κ3) is 4.68. The molecule has 4 rings (SSSR count). The van der Waals surface area contributed by atoms with Crippen LogP contribution >= 0.6 is 12.2 Å². The minimum absolute atomic E-state index is 0.0681. The second-order valence-corrected chi connectivity index (χ2v) is 7.85. The van der Waals surface area contributed by atoms with Gasteiger partial charge in [0.25, 0.3) is 17.5 Å². The van der Waals surface area contributed by atoms with E-state index in [4.69, 9.17) is 16.6 Å². The van der Waals surface area contributed by atoms with Gasteiger partial charge in [0, 0.05) is 17.2 Å². The van der Waals surface area contributed by atoms with Crippen LogP contribution in [0.25, 0.3) is 17.4 Å². The van der Waals surface area contributed by atoms with Crippen LogP contribution < -0.4 is 10.2 Å². The van der Waals surface area contributed by atoms with Crippen molar-refractivity contribution in [2.24, 2.45) is 0 Å². The number of furan rings is 1. The summed E-state index contributed by atoms with van der Waals surface area (Å²) in [7, 11) is 0. The van der Waals surface area contributed by atoms with Crippen molar-refractivity contribution in [3.63, 3.8) is 0 Å². The molecule has 2 heterocycles. The molecule has 0 atom stereocenters. The number of rotatable bonds is 4. The molecule has 1 aromatic heterocycles. The summed E-state index contributed by atoms with van der Waals surface area (Å²) in [5, 5.41) is 13.1. The molecule has 0 spiro atoms. The summed E-state index contributed by atoms with van der Waals surface area (Å²) in [5.74, 6) is -1.48. The lowest BCUT2D eigenvalue weighted by Crippen LogP contribution is -2.54. The Morgan fingerprint density at radius 2 is 1.86 bits per heavy atom. The normalized spacial score (nSPS) is 15.5. The fraction of sp³-hybridized carbons (Fsp3) is 0.0870. The molecule has 1 aliphatic heterocycles. The number of alkyl halides is 3. The van der Waals surface area contributed by atoms with Gasteiger partial charge in [-0.1, -0.05) is 18.2 Å². The number of amides is 2. The lowest BCUT2D eigenvalue weighted by atomic mass is 10.1. The molecule has 0 saturated carbocycles. The van der Waals surface area contributed by atoms with E-state index in [2.05, 4.69) is 5.32 Å². The number of hydrogen-bond donors (Lipinski definition) is 1. The molecule has 0 bridgehead atoms. The van der Waals surface area contributed by atoms with Crippen LogP contribution in [0.1, 0.15) is 16.9 Å². The number of anilines is 1. The van der Waals surface area contributed by atoms with Crippen LogP contribution in [0, 0.1) is 17.0 Å². The van der Waals surface area contributed by atoms with Gasteiger partial charge < -0.3 is 4.42 Å². The quantitative estimate of drug-likeness (QED) is 0.177. The Kier molecular flexibility index (Phi) is 5.99. The highest BCUT2D eigenvalue weighted by Gasteiger charge is 2.37. The number of benzene rings is 2. The molecule has 1 aliphatic rings. The van der Waals surface area contributed by atoms with Crippen molar-refractivity contribution < 1.29 is 32.1 Å². The van der Waals surface area contributed by atoms with Gasteiger partial charge in [0.2, 0.25) is 0 Å². The van der Waals surface area contributed by atoms with Crippen molar-refractivity contribution >= 4 is 46.6 Å². The lowest BCUT2D eigenvalue weighted by Gasteiger charge is -2.29. The maximum atomic E-state index is 13.1.